The molecule has 126 valence electrons. The molecule has 24 heavy (non-hydrogen) atoms. The van der Waals surface area contributed by atoms with E-state index < -0.39 is 0 Å². The fourth-order valence-corrected chi connectivity index (χ4v) is 3.26. The molecule has 9 nitrogen and oxygen atoms in total. The van der Waals surface area contributed by atoms with Crippen molar-refractivity contribution in [2.45, 2.75) is 19.4 Å². The molecular weight excluding hydrogens is 310 g/mol. The number of nitrogens with two attached hydrogens (primary N) is 1. The molecule has 9 heteroatoms. The first kappa shape index (κ1) is 14.9. The Morgan fingerprint density at radius 3 is 3.00 bits per heavy atom. The normalized spacial score (nSPS) is 21.0. The van der Waals surface area contributed by atoms with E-state index >= 15 is 0 Å². The summed E-state index contributed by atoms with van der Waals surface area (Å²) in [5, 5.41) is 11.9. The van der Waals surface area contributed by atoms with Crippen LogP contribution in [0.15, 0.2) is 23.0 Å². The van der Waals surface area contributed by atoms with Crippen molar-refractivity contribution >= 4 is 17.4 Å². The molecule has 0 aromatic carbocycles. The zero-order chi connectivity index (χ0) is 16.7. The molecule has 3 aromatic rings. The van der Waals surface area contributed by atoms with Crippen molar-refractivity contribution in [2.75, 3.05) is 30.8 Å². The monoisotopic (exact) mass is 329 g/mol. The van der Waals surface area contributed by atoms with Crippen LogP contribution in [0.25, 0.3) is 5.65 Å². The maximum Gasteiger partial charge on any atom is 0.209 e. The third kappa shape index (κ3) is 2.56. The summed E-state index contributed by atoms with van der Waals surface area (Å²) in [7, 11) is 1.73. The number of nitrogens with zero attached hydrogens (tertiary/aromatic N) is 6. The van der Waals surface area contributed by atoms with Gasteiger partial charge in [0.25, 0.3) is 0 Å². The summed E-state index contributed by atoms with van der Waals surface area (Å²) in [5.41, 5.74) is 7.56. The molecule has 2 N–H and O–H groups in total. The molecule has 1 aliphatic rings. The number of nitrogen functional groups attached to an aromatic ring is 1. The molecule has 0 bridgehead atoms. The zero-order valence-corrected chi connectivity index (χ0v) is 13.6. The van der Waals surface area contributed by atoms with Crippen molar-refractivity contribution < 1.29 is 9.26 Å². The highest BCUT2D eigenvalue weighted by Gasteiger charge is 2.34. The molecule has 1 saturated heterocycles. The standard InChI is InChI=1S/C15H19N7O2/c1-9-3-11(24-20-9)4-10-6-21(7-12(10)23-2)13-5-14-19-17-8-22(14)15(16)18-13/h3,5,8,10,12H,4,6-7H2,1-2H3,(H2,16,18)/t10-,12+/m1/s1. The van der Waals surface area contributed by atoms with Gasteiger partial charge < -0.3 is 19.9 Å². The lowest BCUT2D eigenvalue weighted by Gasteiger charge is -2.17. The second-order valence-corrected chi connectivity index (χ2v) is 6.11. The Morgan fingerprint density at radius 2 is 2.25 bits per heavy atom. The number of ether oxygens (including phenoxy) is 1. The summed E-state index contributed by atoms with van der Waals surface area (Å²) in [6.07, 6.45) is 2.42. The Balaban J connectivity index is 1.57. The van der Waals surface area contributed by atoms with Crippen LogP contribution in [0.2, 0.25) is 0 Å². The van der Waals surface area contributed by atoms with E-state index in [4.69, 9.17) is 15.0 Å². The second-order valence-electron chi connectivity index (χ2n) is 6.11. The lowest BCUT2D eigenvalue weighted by Crippen LogP contribution is -2.24. The van der Waals surface area contributed by atoms with Crippen LogP contribution in [0.4, 0.5) is 11.8 Å². The van der Waals surface area contributed by atoms with E-state index in [9.17, 15) is 0 Å². The number of rotatable bonds is 4. The summed E-state index contributed by atoms with van der Waals surface area (Å²) < 4.78 is 12.7. The van der Waals surface area contributed by atoms with Crippen LogP contribution in [0.3, 0.4) is 0 Å². The van der Waals surface area contributed by atoms with Gasteiger partial charge in [-0.2, -0.15) is 4.98 Å². The van der Waals surface area contributed by atoms with Crippen molar-refractivity contribution in [3.05, 3.63) is 29.9 Å². The third-order valence-corrected chi connectivity index (χ3v) is 4.46. The number of methoxy groups -OCH3 is 1. The molecule has 1 fully saturated rings. The molecule has 2 atom stereocenters. The summed E-state index contributed by atoms with van der Waals surface area (Å²) in [6, 6.07) is 3.85. The summed E-state index contributed by atoms with van der Waals surface area (Å²) in [5.74, 6) is 2.32. The lowest BCUT2D eigenvalue weighted by molar-refractivity contribution is 0.0813. The number of fused-ring (bicyclic) bond motifs is 1. The average Bonchev–Trinajstić information content (AvgIpc) is 3.27. The first-order valence-electron chi connectivity index (χ1n) is 7.80. The van der Waals surface area contributed by atoms with E-state index in [1.54, 1.807) is 17.8 Å². The predicted octanol–water partition coefficient (Wildman–Crippen LogP) is 0.697. The summed E-state index contributed by atoms with van der Waals surface area (Å²) in [4.78, 5) is 6.63. The van der Waals surface area contributed by atoms with Crippen molar-refractivity contribution in [2.24, 2.45) is 5.92 Å². The van der Waals surface area contributed by atoms with Gasteiger partial charge in [0.2, 0.25) is 5.95 Å². The van der Waals surface area contributed by atoms with Crippen LogP contribution in [0, 0.1) is 12.8 Å². The molecule has 0 amide bonds. The SMILES string of the molecule is CO[C@H]1CN(c2cc3nncn3c(N)n2)C[C@H]1Cc1cc(C)no1. The number of anilines is 2. The second kappa shape index (κ2) is 5.75. The van der Waals surface area contributed by atoms with Gasteiger partial charge in [-0.15, -0.1) is 10.2 Å². The van der Waals surface area contributed by atoms with Crippen LogP contribution < -0.4 is 10.6 Å². The van der Waals surface area contributed by atoms with E-state index in [0.29, 0.717) is 17.5 Å². The zero-order valence-electron chi connectivity index (χ0n) is 13.6. The van der Waals surface area contributed by atoms with E-state index in [1.165, 1.54) is 0 Å². The Labute approximate surface area is 138 Å². The van der Waals surface area contributed by atoms with Crippen LogP contribution in [-0.4, -0.2) is 51.0 Å². The topological polar surface area (TPSA) is 108 Å². The van der Waals surface area contributed by atoms with E-state index in [0.717, 1.165) is 36.8 Å². The van der Waals surface area contributed by atoms with Gasteiger partial charge in [-0.1, -0.05) is 5.16 Å². The van der Waals surface area contributed by atoms with Crippen molar-refractivity contribution in [1.29, 1.82) is 0 Å². The first-order chi connectivity index (χ1) is 11.6. The van der Waals surface area contributed by atoms with Gasteiger partial charge in [-0.05, 0) is 6.92 Å². The maximum atomic E-state index is 5.99. The van der Waals surface area contributed by atoms with Crippen LogP contribution in [0.1, 0.15) is 11.5 Å². The Bertz CT molecular complexity index is 859. The fourth-order valence-electron chi connectivity index (χ4n) is 3.26. The maximum absolute atomic E-state index is 5.99. The van der Waals surface area contributed by atoms with E-state index in [2.05, 4.69) is 25.2 Å². The molecule has 0 spiro atoms. The minimum absolute atomic E-state index is 0.0903. The first-order valence-corrected chi connectivity index (χ1v) is 7.80. The Hall–Kier alpha value is -2.68. The van der Waals surface area contributed by atoms with Gasteiger partial charge in [0, 0.05) is 44.7 Å². The number of hydrogen-bond acceptors (Lipinski definition) is 8. The third-order valence-electron chi connectivity index (χ3n) is 4.46. The Kier molecular flexibility index (Phi) is 3.57. The van der Waals surface area contributed by atoms with Crippen molar-refractivity contribution in [3.8, 4) is 0 Å². The van der Waals surface area contributed by atoms with E-state index in [1.807, 2.05) is 19.1 Å². The van der Waals surface area contributed by atoms with Crippen LogP contribution in [0.5, 0.6) is 0 Å². The van der Waals surface area contributed by atoms with Gasteiger partial charge in [0.05, 0.1) is 11.8 Å². The molecule has 4 rings (SSSR count). The molecule has 0 radical (unpaired) electrons. The molecule has 1 aliphatic heterocycles. The number of aromatic nitrogens is 5. The highest BCUT2D eigenvalue weighted by molar-refractivity contribution is 5.55. The van der Waals surface area contributed by atoms with Gasteiger partial charge in [-0.3, -0.25) is 4.40 Å². The molecule has 4 heterocycles. The molecule has 0 aliphatic carbocycles. The minimum atomic E-state index is 0.0903. The van der Waals surface area contributed by atoms with Gasteiger partial charge in [0.1, 0.15) is 17.9 Å². The highest BCUT2D eigenvalue weighted by Crippen LogP contribution is 2.28. The predicted molar refractivity (Wildman–Crippen MR) is 86.6 cm³/mol. The largest absolute Gasteiger partial charge is 0.379 e. The van der Waals surface area contributed by atoms with Gasteiger partial charge >= 0.3 is 0 Å². The minimum Gasteiger partial charge on any atom is -0.379 e. The summed E-state index contributed by atoms with van der Waals surface area (Å²) in [6.45, 7) is 3.46. The average molecular weight is 329 g/mol. The lowest BCUT2D eigenvalue weighted by atomic mass is 10.0. The number of aryl methyl sites for hydroxylation is 1. The summed E-state index contributed by atoms with van der Waals surface area (Å²) >= 11 is 0. The fraction of sp³-hybridized carbons (Fsp3) is 0.467. The van der Waals surface area contributed by atoms with Crippen molar-refractivity contribution in [3.63, 3.8) is 0 Å². The van der Waals surface area contributed by atoms with Gasteiger partial charge in [0.15, 0.2) is 5.65 Å². The number of hydrogen-bond donors (Lipinski definition) is 1. The van der Waals surface area contributed by atoms with E-state index in [-0.39, 0.29) is 6.10 Å². The van der Waals surface area contributed by atoms with Crippen LogP contribution >= 0.6 is 0 Å². The molecule has 3 aromatic heterocycles. The smallest absolute Gasteiger partial charge is 0.209 e. The molecule has 0 unspecified atom stereocenters. The Morgan fingerprint density at radius 1 is 1.38 bits per heavy atom. The molecular formula is C15H19N7O2. The van der Waals surface area contributed by atoms with Gasteiger partial charge in [-0.25, -0.2) is 0 Å². The van der Waals surface area contributed by atoms with Crippen molar-refractivity contribution in [1.82, 2.24) is 24.7 Å². The van der Waals surface area contributed by atoms with Crippen LogP contribution in [-0.2, 0) is 11.2 Å². The quantitative estimate of drug-likeness (QED) is 0.745. The molecule has 0 saturated carbocycles. The highest BCUT2D eigenvalue weighted by atomic mass is 16.5.